The molecule has 13 heteroatoms. The number of nitrogens with zero attached hydrogens (tertiary/aromatic N) is 3. The van der Waals surface area contributed by atoms with Crippen molar-refractivity contribution < 1.29 is 23.9 Å². The van der Waals surface area contributed by atoms with Gasteiger partial charge in [0.15, 0.2) is 11.0 Å². The summed E-state index contributed by atoms with van der Waals surface area (Å²) in [5.74, 6) is -1.66. The Hall–Kier alpha value is -6.08. The molecule has 12 nitrogen and oxygen atoms in total. The minimum absolute atomic E-state index is 0.0321. The summed E-state index contributed by atoms with van der Waals surface area (Å²) in [6.45, 7) is 0.558. The van der Waals surface area contributed by atoms with E-state index in [-0.39, 0.29) is 55.2 Å². The van der Waals surface area contributed by atoms with Crippen LogP contribution in [0.15, 0.2) is 120 Å². The van der Waals surface area contributed by atoms with Crippen molar-refractivity contribution >= 4 is 51.2 Å². The summed E-state index contributed by atoms with van der Waals surface area (Å²) in [5.41, 5.74) is 14.5. The molecule has 0 aliphatic carbocycles. The normalized spacial score (nSPS) is 16.2. The summed E-state index contributed by atoms with van der Waals surface area (Å²) >= 11 is 1.26. The maximum Gasteiger partial charge on any atom is 0.408 e. The van der Waals surface area contributed by atoms with Gasteiger partial charge in [-0.25, -0.2) is 9.78 Å². The number of hydrogen-bond acceptors (Lipinski definition) is 8. The van der Waals surface area contributed by atoms with Crippen LogP contribution in [0.3, 0.4) is 0 Å². The molecule has 0 bridgehead atoms. The van der Waals surface area contributed by atoms with Crippen LogP contribution in [0.2, 0.25) is 0 Å². The number of para-hydroxylation sites is 1. The number of carbonyl (C=O) groups excluding carboxylic acids is 4. The highest BCUT2D eigenvalue weighted by molar-refractivity contribution is 7.20. The van der Waals surface area contributed by atoms with Crippen LogP contribution in [-0.2, 0) is 27.4 Å². The second-order valence-electron chi connectivity index (χ2n) is 13.4. The number of nitrogens with two attached hydrogens (primary N) is 2. The minimum Gasteiger partial charge on any atom is -0.445 e. The number of benzene rings is 4. The largest absolute Gasteiger partial charge is 0.445 e. The number of aromatic nitrogens is 1. The van der Waals surface area contributed by atoms with Crippen molar-refractivity contribution in [1.29, 1.82) is 0 Å². The number of nitrogens with one attached hydrogen (secondary N) is 2. The highest BCUT2D eigenvalue weighted by atomic mass is 32.1. The van der Waals surface area contributed by atoms with Crippen LogP contribution >= 0.6 is 11.3 Å². The summed E-state index contributed by atoms with van der Waals surface area (Å²) in [6.07, 6.45) is 1.18. The average Bonchev–Trinajstić information content (AvgIpc) is 3.86. The van der Waals surface area contributed by atoms with Gasteiger partial charge in [0.05, 0.1) is 16.3 Å². The number of thiazole rings is 1. The lowest BCUT2D eigenvalue weighted by atomic mass is 9.90. The van der Waals surface area contributed by atoms with Crippen LogP contribution in [0, 0.1) is 0 Å². The van der Waals surface area contributed by atoms with E-state index < -0.39 is 36.0 Å². The van der Waals surface area contributed by atoms with Gasteiger partial charge in [-0.3, -0.25) is 19.4 Å². The third kappa shape index (κ3) is 10.3. The zero-order valence-electron chi connectivity index (χ0n) is 30.4. The standard InChI is InChI=1S/C42H45N7O5S/c43-41(44)45-25-12-20-33(37(50)39-47-32-19-10-11-21-35(32)55-39)46-38(51)36-31(30-17-8-3-9-18-30)24-26-49(36)40(52)34(23-22-28-13-4-1-5-14-28)48-42(53)54-27-29-15-6-2-7-16-29/h1-11,13-19,21,31,33-34,36H,12,20,22-27H2,(H,46,51)(H,48,53)(H4,43,44,45)/t31?,33-,34?,36?/m0/s1. The number of ether oxygens (including phenoxy) is 1. The van der Waals surface area contributed by atoms with Crippen molar-refractivity contribution in [3.8, 4) is 0 Å². The van der Waals surface area contributed by atoms with Crippen molar-refractivity contribution in [2.75, 3.05) is 13.1 Å². The van der Waals surface area contributed by atoms with Crippen LogP contribution in [-0.4, -0.2) is 70.7 Å². The van der Waals surface area contributed by atoms with Gasteiger partial charge in [0, 0.05) is 19.0 Å². The molecular weight excluding hydrogens is 715 g/mol. The third-order valence-electron chi connectivity index (χ3n) is 9.63. The molecule has 1 aliphatic rings. The summed E-state index contributed by atoms with van der Waals surface area (Å²) in [5, 5.41) is 6.09. The van der Waals surface area contributed by atoms with Crippen molar-refractivity contribution in [2.24, 2.45) is 16.5 Å². The molecule has 0 saturated carbocycles. The Balaban J connectivity index is 1.27. The quantitative estimate of drug-likeness (QED) is 0.0451. The van der Waals surface area contributed by atoms with E-state index in [0.29, 0.717) is 24.8 Å². The van der Waals surface area contributed by atoms with Crippen molar-refractivity contribution in [1.82, 2.24) is 20.5 Å². The Morgan fingerprint density at radius 2 is 1.47 bits per heavy atom. The van der Waals surface area contributed by atoms with E-state index in [2.05, 4.69) is 20.6 Å². The van der Waals surface area contributed by atoms with Gasteiger partial charge in [0.25, 0.3) is 0 Å². The average molecular weight is 760 g/mol. The van der Waals surface area contributed by atoms with Crippen molar-refractivity contribution in [3.63, 3.8) is 0 Å². The van der Waals surface area contributed by atoms with Gasteiger partial charge in [-0.15, -0.1) is 11.3 Å². The van der Waals surface area contributed by atoms with Gasteiger partial charge in [-0.05, 0) is 60.9 Å². The van der Waals surface area contributed by atoms with E-state index >= 15 is 0 Å². The maximum absolute atomic E-state index is 14.6. The maximum atomic E-state index is 14.6. The monoisotopic (exact) mass is 759 g/mol. The third-order valence-corrected chi connectivity index (χ3v) is 10.7. The molecule has 2 heterocycles. The van der Waals surface area contributed by atoms with Crippen LogP contribution < -0.4 is 22.1 Å². The van der Waals surface area contributed by atoms with Gasteiger partial charge in [0.1, 0.15) is 18.7 Å². The molecule has 284 valence electrons. The molecule has 0 radical (unpaired) electrons. The number of carbonyl (C=O) groups is 4. The second-order valence-corrected chi connectivity index (χ2v) is 14.5. The number of fused-ring (bicyclic) bond motifs is 1. The van der Waals surface area contributed by atoms with Gasteiger partial charge in [-0.2, -0.15) is 0 Å². The van der Waals surface area contributed by atoms with Gasteiger partial charge in [0.2, 0.25) is 17.6 Å². The zero-order chi connectivity index (χ0) is 38.6. The topological polar surface area (TPSA) is 182 Å². The molecule has 3 unspecified atom stereocenters. The summed E-state index contributed by atoms with van der Waals surface area (Å²) < 4.78 is 6.38. The lowest BCUT2D eigenvalue weighted by Crippen LogP contribution is -2.56. The number of aryl methyl sites for hydroxylation is 1. The van der Waals surface area contributed by atoms with Crippen LogP contribution in [0.1, 0.15) is 58.1 Å². The van der Waals surface area contributed by atoms with Gasteiger partial charge < -0.3 is 31.7 Å². The number of aliphatic imine (C=N–C) groups is 1. The van der Waals surface area contributed by atoms with E-state index in [1.807, 2.05) is 115 Å². The summed E-state index contributed by atoms with van der Waals surface area (Å²) in [6, 6.07) is 33.0. The fraction of sp³-hybridized carbons (Fsp3) is 0.286. The Morgan fingerprint density at radius 3 is 2.16 bits per heavy atom. The molecule has 0 spiro atoms. The molecule has 55 heavy (non-hydrogen) atoms. The number of likely N-dealkylation sites (tertiary alicyclic amines) is 1. The number of amides is 3. The molecule has 1 fully saturated rings. The SMILES string of the molecule is NC(N)=NCCC[C@H](NC(=O)C1C(c2ccccc2)CCN1C(=O)C(CCc1ccccc1)NC(=O)OCc1ccccc1)C(=O)c1nc2ccccc2s1. The number of alkyl carbamates (subject to hydrolysis) is 1. The van der Waals surface area contributed by atoms with E-state index in [9.17, 15) is 19.2 Å². The molecule has 3 amide bonds. The fourth-order valence-corrected chi connectivity index (χ4v) is 7.85. The van der Waals surface area contributed by atoms with Crippen LogP contribution in [0.25, 0.3) is 10.2 Å². The highest BCUT2D eigenvalue weighted by Crippen LogP contribution is 2.35. The van der Waals surface area contributed by atoms with Crippen molar-refractivity contribution in [2.45, 2.75) is 62.8 Å². The summed E-state index contributed by atoms with van der Waals surface area (Å²) in [4.78, 5) is 66.7. The van der Waals surface area contributed by atoms with Crippen LogP contribution in [0.5, 0.6) is 0 Å². The van der Waals surface area contributed by atoms with E-state index in [1.165, 1.54) is 11.3 Å². The number of rotatable bonds is 16. The Bertz CT molecular complexity index is 2060. The van der Waals surface area contributed by atoms with E-state index in [4.69, 9.17) is 16.2 Å². The molecule has 1 aliphatic heterocycles. The molecule has 4 atom stereocenters. The summed E-state index contributed by atoms with van der Waals surface area (Å²) in [7, 11) is 0. The molecule has 4 aromatic carbocycles. The highest BCUT2D eigenvalue weighted by Gasteiger charge is 2.45. The lowest BCUT2D eigenvalue weighted by Gasteiger charge is -2.32. The molecular formula is C42H45N7O5S. The zero-order valence-corrected chi connectivity index (χ0v) is 31.2. The molecule has 1 aromatic heterocycles. The second kappa shape index (κ2) is 18.8. The fourth-order valence-electron chi connectivity index (χ4n) is 6.89. The van der Waals surface area contributed by atoms with Gasteiger partial charge in [-0.1, -0.05) is 103 Å². The number of hydrogen-bond donors (Lipinski definition) is 4. The molecule has 6 N–H and O–H groups in total. The first-order valence-corrected chi connectivity index (χ1v) is 19.2. The van der Waals surface area contributed by atoms with E-state index in [1.54, 1.807) is 4.90 Å². The predicted molar refractivity (Wildman–Crippen MR) is 213 cm³/mol. The number of ketones is 1. The number of guanidine groups is 1. The van der Waals surface area contributed by atoms with Gasteiger partial charge >= 0.3 is 6.09 Å². The van der Waals surface area contributed by atoms with Crippen LogP contribution in [0.4, 0.5) is 4.79 Å². The number of Topliss-reactive ketones (excluding diaryl/α,β-unsaturated/α-hetero) is 1. The molecule has 5 aromatic rings. The smallest absolute Gasteiger partial charge is 0.408 e. The first-order chi connectivity index (χ1) is 26.8. The predicted octanol–water partition coefficient (Wildman–Crippen LogP) is 5.33. The first kappa shape index (κ1) is 38.6. The Morgan fingerprint density at radius 1 is 0.818 bits per heavy atom. The Labute approximate surface area is 324 Å². The minimum atomic E-state index is -0.993. The molecule has 6 rings (SSSR count). The van der Waals surface area contributed by atoms with Crippen molar-refractivity contribution in [3.05, 3.63) is 137 Å². The Kier molecular flexibility index (Phi) is 13.2. The first-order valence-electron chi connectivity index (χ1n) is 18.4. The molecule has 1 saturated heterocycles. The van der Waals surface area contributed by atoms with E-state index in [0.717, 1.165) is 21.4 Å². The lowest BCUT2D eigenvalue weighted by molar-refractivity contribution is -0.140.